The van der Waals surface area contributed by atoms with Crippen LogP contribution in [-0.4, -0.2) is 38.7 Å². The lowest BCUT2D eigenvalue weighted by molar-refractivity contribution is -0.148. The molecule has 1 heterocycles. The number of ether oxygens (including phenoxy) is 1. The van der Waals surface area contributed by atoms with Gasteiger partial charge in [-0.25, -0.2) is 8.42 Å². The number of rotatable bonds is 4. The monoisotopic (exact) mass is 413 g/mol. The fourth-order valence-corrected chi connectivity index (χ4v) is 4.74. The van der Waals surface area contributed by atoms with Crippen molar-refractivity contribution in [2.45, 2.75) is 23.1 Å². The molecule has 150 valence electrons. The Bertz CT molecular complexity index is 976. The minimum atomic E-state index is -4.56. The lowest BCUT2D eigenvalue weighted by Gasteiger charge is -2.39. The van der Waals surface area contributed by atoms with Gasteiger partial charge in [-0.05, 0) is 29.8 Å². The fraction of sp³-hybridized carbons (Fsp3) is 0.316. The van der Waals surface area contributed by atoms with Crippen molar-refractivity contribution in [3.63, 3.8) is 0 Å². The van der Waals surface area contributed by atoms with Crippen LogP contribution in [0.25, 0.3) is 0 Å². The van der Waals surface area contributed by atoms with Gasteiger partial charge in [-0.3, -0.25) is 4.79 Å². The molecule has 1 aliphatic heterocycles. The van der Waals surface area contributed by atoms with Crippen molar-refractivity contribution in [2.24, 2.45) is 0 Å². The highest BCUT2D eigenvalue weighted by Crippen LogP contribution is 2.38. The smallest absolute Gasteiger partial charge is 0.366 e. The van der Waals surface area contributed by atoms with E-state index < -0.39 is 39.7 Å². The van der Waals surface area contributed by atoms with Crippen molar-refractivity contribution in [1.29, 1.82) is 0 Å². The quantitative estimate of drug-likeness (QED) is 0.772. The van der Waals surface area contributed by atoms with Crippen LogP contribution in [0.4, 0.5) is 13.2 Å². The number of benzene rings is 2. The summed E-state index contributed by atoms with van der Waals surface area (Å²) in [6, 6.07) is 12.0. The van der Waals surface area contributed by atoms with Crippen molar-refractivity contribution in [3.05, 3.63) is 65.7 Å². The third kappa shape index (κ3) is 3.57. The minimum Gasteiger partial charge on any atom is -0.366 e. The molecule has 5 nitrogen and oxygen atoms in total. The van der Waals surface area contributed by atoms with Crippen molar-refractivity contribution in [1.82, 2.24) is 4.31 Å². The second kappa shape index (κ2) is 7.31. The van der Waals surface area contributed by atoms with Crippen LogP contribution in [0.5, 0.6) is 0 Å². The number of halogens is 3. The lowest BCUT2D eigenvalue weighted by atomic mass is 9.83. The van der Waals surface area contributed by atoms with E-state index in [9.17, 15) is 26.4 Å². The fourth-order valence-electron chi connectivity index (χ4n) is 3.32. The molecule has 0 radical (unpaired) electrons. The largest absolute Gasteiger partial charge is 0.416 e. The summed E-state index contributed by atoms with van der Waals surface area (Å²) >= 11 is 0. The van der Waals surface area contributed by atoms with Crippen molar-refractivity contribution in [3.8, 4) is 0 Å². The average Bonchev–Trinajstić information content (AvgIpc) is 2.68. The number of piperidine rings is 1. The summed E-state index contributed by atoms with van der Waals surface area (Å²) in [5.74, 6) is -0.611. The van der Waals surface area contributed by atoms with Gasteiger partial charge in [0.15, 0.2) is 11.4 Å². The van der Waals surface area contributed by atoms with Gasteiger partial charge in [-0.2, -0.15) is 17.5 Å². The van der Waals surface area contributed by atoms with Crippen LogP contribution in [-0.2, 0) is 31.3 Å². The number of ketones is 1. The van der Waals surface area contributed by atoms with E-state index in [1.54, 1.807) is 18.2 Å². The maximum absolute atomic E-state index is 13.1. The first-order valence-electron chi connectivity index (χ1n) is 8.43. The number of hydrogen-bond donors (Lipinski definition) is 0. The van der Waals surface area contributed by atoms with E-state index in [1.165, 1.54) is 31.4 Å². The SMILES string of the molecule is COC1(c2cccc(C(F)(F)F)c2)CCN(S(=O)(=O)c2ccccc2)CC1=O. The van der Waals surface area contributed by atoms with Gasteiger partial charge in [0.1, 0.15) is 0 Å². The van der Waals surface area contributed by atoms with Crippen molar-refractivity contribution >= 4 is 15.8 Å². The highest BCUT2D eigenvalue weighted by atomic mass is 32.2. The topological polar surface area (TPSA) is 63.7 Å². The predicted octanol–water partition coefficient (Wildman–Crippen LogP) is 3.21. The molecule has 0 spiro atoms. The molecule has 9 heteroatoms. The van der Waals surface area contributed by atoms with Gasteiger partial charge >= 0.3 is 6.18 Å². The molecule has 1 atom stereocenters. The molecule has 3 rings (SSSR count). The van der Waals surface area contributed by atoms with Crippen molar-refractivity contribution in [2.75, 3.05) is 20.2 Å². The van der Waals surface area contributed by atoms with E-state index in [4.69, 9.17) is 4.74 Å². The van der Waals surface area contributed by atoms with Gasteiger partial charge in [0.25, 0.3) is 0 Å². The van der Waals surface area contributed by atoms with Crippen LogP contribution in [0, 0.1) is 0 Å². The summed E-state index contributed by atoms with van der Waals surface area (Å²) in [6.45, 7) is -0.547. The summed E-state index contributed by atoms with van der Waals surface area (Å²) in [5.41, 5.74) is -2.45. The maximum atomic E-state index is 13.1. The minimum absolute atomic E-state index is 0.0479. The molecular weight excluding hydrogens is 395 g/mol. The first-order valence-corrected chi connectivity index (χ1v) is 9.87. The highest BCUT2D eigenvalue weighted by Gasteiger charge is 2.47. The summed E-state index contributed by atoms with van der Waals surface area (Å²) in [4.78, 5) is 12.9. The zero-order valence-electron chi connectivity index (χ0n) is 14.9. The molecule has 28 heavy (non-hydrogen) atoms. The van der Waals surface area contributed by atoms with Crippen LogP contribution in [0.15, 0.2) is 59.5 Å². The van der Waals surface area contributed by atoms with E-state index in [-0.39, 0.29) is 23.4 Å². The van der Waals surface area contributed by atoms with Gasteiger partial charge in [0.05, 0.1) is 17.0 Å². The Balaban J connectivity index is 1.93. The summed E-state index contributed by atoms with van der Waals surface area (Å²) in [6.07, 6.45) is -4.65. The van der Waals surface area contributed by atoms with E-state index in [2.05, 4.69) is 0 Å². The number of methoxy groups -OCH3 is 1. The van der Waals surface area contributed by atoms with Gasteiger partial charge in [0, 0.05) is 20.1 Å². The second-order valence-electron chi connectivity index (χ2n) is 6.43. The van der Waals surface area contributed by atoms with Crippen LogP contribution in [0.3, 0.4) is 0 Å². The number of carbonyl (C=O) groups excluding carboxylic acids is 1. The Morgan fingerprint density at radius 2 is 1.75 bits per heavy atom. The number of carbonyl (C=O) groups is 1. The third-order valence-electron chi connectivity index (χ3n) is 4.87. The number of alkyl halides is 3. The maximum Gasteiger partial charge on any atom is 0.416 e. The normalized spacial score (nSPS) is 21.6. The zero-order valence-corrected chi connectivity index (χ0v) is 15.8. The molecule has 0 saturated carbocycles. The highest BCUT2D eigenvalue weighted by molar-refractivity contribution is 7.89. The number of Topliss-reactive ketones (excluding diaryl/α,β-unsaturated/α-hetero) is 1. The molecule has 0 N–H and O–H groups in total. The zero-order chi connectivity index (χ0) is 20.6. The third-order valence-corrected chi connectivity index (χ3v) is 6.73. The molecule has 0 aliphatic carbocycles. The Morgan fingerprint density at radius 1 is 1.07 bits per heavy atom. The lowest BCUT2D eigenvalue weighted by Crippen LogP contribution is -2.53. The van der Waals surface area contributed by atoms with E-state index in [0.717, 1.165) is 16.4 Å². The standard InChI is InChI=1S/C19H18F3NO4S/c1-27-18(14-6-5-7-15(12-14)19(20,21)22)10-11-23(13-17(18)24)28(25,26)16-8-3-2-4-9-16/h2-9,12H,10-11,13H2,1H3. The Kier molecular flexibility index (Phi) is 5.35. The van der Waals surface area contributed by atoms with Gasteiger partial charge in [-0.15, -0.1) is 0 Å². The number of hydrogen-bond acceptors (Lipinski definition) is 4. The Hall–Kier alpha value is -2.23. The van der Waals surface area contributed by atoms with Gasteiger partial charge in [-0.1, -0.05) is 30.3 Å². The molecular formula is C19H18F3NO4S. The van der Waals surface area contributed by atoms with E-state index in [1.807, 2.05) is 0 Å². The molecule has 2 aromatic rings. The van der Waals surface area contributed by atoms with Crippen LogP contribution in [0.2, 0.25) is 0 Å². The summed E-state index contributed by atoms with van der Waals surface area (Å²) in [5, 5.41) is 0. The van der Waals surface area contributed by atoms with Crippen LogP contribution < -0.4 is 0 Å². The van der Waals surface area contributed by atoms with Gasteiger partial charge < -0.3 is 4.74 Å². The molecule has 2 aromatic carbocycles. The van der Waals surface area contributed by atoms with Crippen molar-refractivity contribution < 1.29 is 31.1 Å². The van der Waals surface area contributed by atoms with E-state index in [0.29, 0.717) is 0 Å². The summed E-state index contributed by atoms with van der Waals surface area (Å²) < 4.78 is 71.0. The molecule has 0 aromatic heterocycles. The number of sulfonamides is 1. The van der Waals surface area contributed by atoms with Crippen LogP contribution >= 0.6 is 0 Å². The molecule has 0 bridgehead atoms. The first kappa shape index (κ1) is 20.5. The number of nitrogens with zero attached hydrogens (tertiary/aromatic N) is 1. The molecule has 0 amide bonds. The van der Waals surface area contributed by atoms with Gasteiger partial charge in [0.2, 0.25) is 10.0 Å². The summed E-state index contributed by atoms with van der Waals surface area (Å²) in [7, 11) is -2.65. The average molecular weight is 413 g/mol. The first-order chi connectivity index (χ1) is 13.1. The molecule has 1 fully saturated rings. The van der Waals surface area contributed by atoms with Crippen LogP contribution in [0.1, 0.15) is 17.5 Å². The molecule has 1 saturated heterocycles. The molecule has 1 aliphatic rings. The second-order valence-corrected chi connectivity index (χ2v) is 8.37. The Labute approximate surface area is 160 Å². The van der Waals surface area contributed by atoms with E-state index >= 15 is 0 Å². The Morgan fingerprint density at radius 3 is 2.32 bits per heavy atom. The predicted molar refractivity (Wildman–Crippen MR) is 95.0 cm³/mol. The molecule has 1 unspecified atom stereocenters.